The zero-order valence-electron chi connectivity index (χ0n) is 8.56. The third-order valence-corrected chi connectivity index (χ3v) is 2.95. The van der Waals surface area contributed by atoms with Gasteiger partial charge in [0.05, 0.1) is 17.9 Å². The Balaban J connectivity index is 1.96. The maximum atomic E-state index is 4.57. The molecule has 1 saturated heterocycles. The molecule has 1 fully saturated rings. The van der Waals surface area contributed by atoms with Crippen LogP contribution in [-0.4, -0.2) is 20.9 Å². The zero-order chi connectivity index (χ0) is 10.1. The summed E-state index contributed by atoms with van der Waals surface area (Å²) in [5.41, 5.74) is 2.07. The molecule has 15 heavy (non-hydrogen) atoms. The second kappa shape index (κ2) is 3.62. The van der Waals surface area contributed by atoms with Gasteiger partial charge in [0.2, 0.25) is 0 Å². The van der Waals surface area contributed by atoms with Crippen molar-refractivity contribution in [1.82, 2.24) is 19.7 Å². The first-order valence-corrected chi connectivity index (χ1v) is 5.45. The second-order valence-corrected chi connectivity index (χ2v) is 4.01. The van der Waals surface area contributed by atoms with E-state index in [2.05, 4.69) is 21.5 Å². The van der Waals surface area contributed by atoms with E-state index >= 15 is 0 Å². The number of hydrogen-bond acceptors (Lipinski definition) is 3. The minimum absolute atomic E-state index is 0.429. The van der Waals surface area contributed by atoms with Gasteiger partial charge < -0.3 is 9.72 Å². The van der Waals surface area contributed by atoms with Gasteiger partial charge in [0.15, 0.2) is 5.65 Å². The SMILES string of the molecule is c1cn2cc(C3CCCCN3)nc2cn1. The predicted molar refractivity (Wildman–Crippen MR) is 57.6 cm³/mol. The minimum atomic E-state index is 0.429. The molecule has 0 spiro atoms. The van der Waals surface area contributed by atoms with Crippen LogP contribution in [0.4, 0.5) is 0 Å². The molecule has 0 aliphatic carbocycles. The van der Waals surface area contributed by atoms with Crippen molar-refractivity contribution < 1.29 is 0 Å². The first kappa shape index (κ1) is 8.85. The molecule has 2 aromatic rings. The number of hydrogen-bond donors (Lipinski definition) is 1. The number of imidazole rings is 1. The number of fused-ring (bicyclic) bond motifs is 1. The Kier molecular flexibility index (Phi) is 2.14. The molecule has 0 aromatic carbocycles. The van der Waals surface area contributed by atoms with Crippen LogP contribution in [0.2, 0.25) is 0 Å². The van der Waals surface area contributed by atoms with Gasteiger partial charge in [-0.3, -0.25) is 4.98 Å². The largest absolute Gasteiger partial charge is 0.309 e. The fourth-order valence-electron chi connectivity index (χ4n) is 2.13. The van der Waals surface area contributed by atoms with Gasteiger partial charge in [0.25, 0.3) is 0 Å². The molecule has 78 valence electrons. The molecule has 1 aliphatic heterocycles. The van der Waals surface area contributed by atoms with Gasteiger partial charge >= 0.3 is 0 Å². The van der Waals surface area contributed by atoms with Crippen molar-refractivity contribution in [3.63, 3.8) is 0 Å². The van der Waals surface area contributed by atoms with E-state index in [1.807, 2.05) is 10.6 Å². The van der Waals surface area contributed by atoms with Crippen LogP contribution in [-0.2, 0) is 0 Å². The standard InChI is InChI=1S/C11H14N4/c1-2-4-13-9(3-1)10-8-15-6-5-12-7-11(15)14-10/h5-9,13H,1-4H2. The number of aromatic nitrogens is 3. The molecule has 1 aliphatic rings. The molecule has 1 N–H and O–H groups in total. The van der Waals surface area contributed by atoms with Crippen LogP contribution >= 0.6 is 0 Å². The van der Waals surface area contributed by atoms with Crippen molar-refractivity contribution in [3.05, 3.63) is 30.5 Å². The average molecular weight is 202 g/mol. The van der Waals surface area contributed by atoms with Crippen molar-refractivity contribution >= 4 is 5.65 Å². The summed E-state index contributed by atoms with van der Waals surface area (Å²) in [6.07, 6.45) is 11.4. The van der Waals surface area contributed by atoms with Crippen LogP contribution in [0.25, 0.3) is 5.65 Å². The van der Waals surface area contributed by atoms with Crippen molar-refractivity contribution in [2.45, 2.75) is 25.3 Å². The molecule has 0 saturated carbocycles. The Morgan fingerprint density at radius 2 is 2.40 bits per heavy atom. The lowest BCUT2D eigenvalue weighted by atomic mass is 10.0. The Hall–Kier alpha value is -1.42. The van der Waals surface area contributed by atoms with E-state index in [4.69, 9.17) is 0 Å². The fraction of sp³-hybridized carbons (Fsp3) is 0.455. The Morgan fingerprint density at radius 3 is 3.20 bits per heavy atom. The summed E-state index contributed by atoms with van der Waals surface area (Å²) in [7, 11) is 0. The van der Waals surface area contributed by atoms with Gasteiger partial charge in [-0.05, 0) is 19.4 Å². The van der Waals surface area contributed by atoms with Gasteiger partial charge in [-0.15, -0.1) is 0 Å². The summed E-state index contributed by atoms with van der Waals surface area (Å²) in [5, 5.41) is 3.50. The van der Waals surface area contributed by atoms with Crippen molar-refractivity contribution in [1.29, 1.82) is 0 Å². The van der Waals surface area contributed by atoms with E-state index in [1.54, 1.807) is 12.4 Å². The third-order valence-electron chi connectivity index (χ3n) is 2.95. The van der Waals surface area contributed by atoms with E-state index in [0.717, 1.165) is 17.9 Å². The number of nitrogens with one attached hydrogen (secondary N) is 1. The van der Waals surface area contributed by atoms with Crippen molar-refractivity contribution in [2.24, 2.45) is 0 Å². The molecule has 1 unspecified atom stereocenters. The van der Waals surface area contributed by atoms with E-state index < -0.39 is 0 Å². The van der Waals surface area contributed by atoms with Gasteiger partial charge in [0.1, 0.15) is 0 Å². The lowest BCUT2D eigenvalue weighted by Gasteiger charge is -2.21. The van der Waals surface area contributed by atoms with Crippen LogP contribution in [0, 0.1) is 0 Å². The molecule has 2 aromatic heterocycles. The first-order valence-electron chi connectivity index (χ1n) is 5.45. The Labute approximate surface area is 88.4 Å². The molecule has 1 atom stereocenters. The second-order valence-electron chi connectivity index (χ2n) is 4.01. The Morgan fingerprint density at radius 1 is 1.40 bits per heavy atom. The maximum absolute atomic E-state index is 4.57. The molecule has 0 bridgehead atoms. The van der Waals surface area contributed by atoms with Crippen LogP contribution in [0.5, 0.6) is 0 Å². The smallest absolute Gasteiger partial charge is 0.155 e. The summed E-state index contributed by atoms with van der Waals surface area (Å²) in [6, 6.07) is 0.429. The predicted octanol–water partition coefficient (Wildman–Crippen LogP) is 1.54. The van der Waals surface area contributed by atoms with Crippen LogP contribution in [0.1, 0.15) is 31.0 Å². The van der Waals surface area contributed by atoms with E-state index in [1.165, 1.54) is 19.3 Å². The molecular formula is C11H14N4. The number of piperidine rings is 1. The highest BCUT2D eigenvalue weighted by atomic mass is 15.0. The quantitative estimate of drug-likeness (QED) is 0.762. The van der Waals surface area contributed by atoms with Gasteiger partial charge in [-0.2, -0.15) is 0 Å². The normalized spacial score (nSPS) is 22.0. The lowest BCUT2D eigenvalue weighted by Crippen LogP contribution is -2.26. The molecule has 3 heterocycles. The van der Waals surface area contributed by atoms with Gasteiger partial charge in [-0.1, -0.05) is 6.42 Å². The molecule has 3 rings (SSSR count). The number of rotatable bonds is 1. The Bertz CT molecular complexity index is 423. The fourth-order valence-corrected chi connectivity index (χ4v) is 2.13. The van der Waals surface area contributed by atoms with Crippen LogP contribution < -0.4 is 5.32 Å². The highest BCUT2D eigenvalue weighted by Crippen LogP contribution is 2.21. The van der Waals surface area contributed by atoms with E-state index in [0.29, 0.717) is 6.04 Å². The highest BCUT2D eigenvalue weighted by Gasteiger charge is 2.17. The average Bonchev–Trinajstić information content (AvgIpc) is 2.74. The van der Waals surface area contributed by atoms with E-state index in [9.17, 15) is 0 Å². The topological polar surface area (TPSA) is 42.2 Å². The zero-order valence-corrected chi connectivity index (χ0v) is 8.56. The molecule has 4 nitrogen and oxygen atoms in total. The van der Waals surface area contributed by atoms with E-state index in [-0.39, 0.29) is 0 Å². The van der Waals surface area contributed by atoms with Gasteiger partial charge in [0, 0.05) is 18.6 Å². The minimum Gasteiger partial charge on any atom is -0.309 e. The van der Waals surface area contributed by atoms with Crippen molar-refractivity contribution in [2.75, 3.05) is 6.54 Å². The highest BCUT2D eigenvalue weighted by molar-refractivity contribution is 5.37. The number of nitrogens with zero attached hydrogens (tertiary/aromatic N) is 3. The van der Waals surface area contributed by atoms with Crippen LogP contribution in [0.3, 0.4) is 0 Å². The summed E-state index contributed by atoms with van der Waals surface area (Å²) >= 11 is 0. The first-order chi connectivity index (χ1) is 7.43. The summed E-state index contributed by atoms with van der Waals surface area (Å²) in [4.78, 5) is 8.64. The lowest BCUT2D eigenvalue weighted by molar-refractivity contribution is 0.406. The monoisotopic (exact) mass is 202 g/mol. The third kappa shape index (κ3) is 1.61. The summed E-state index contributed by atoms with van der Waals surface area (Å²) in [5.74, 6) is 0. The van der Waals surface area contributed by atoms with Crippen LogP contribution in [0.15, 0.2) is 24.8 Å². The molecule has 4 heteroatoms. The summed E-state index contributed by atoms with van der Waals surface area (Å²) in [6.45, 7) is 1.11. The molecule has 0 radical (unpaired) electrons. The maximum Gasteiger partial charge on any atom is 0.155 e. The van der Waals surface area contributed by atoms with Crippen molar-refractivity contribution in [3.8, 4) is 0 Å². The summed E-state index contributed by atoms with van der Waals surface area (Å²) < 4.78 is 2.03. The molecule has 0 amide bonds. The molecular weight excluding hydrogens is 188 g/mol. The van der Waals surface area contributed by atoms with Gasteiger partial charge in [-0.25, -0.2) is 4.98 Å².